The van der Waals surface area contributed by atoms with E-state index in [-0.39, 0.29) is 0 Å². The molecule has 0 N–H and O–H groups in total. The van der Waals surface area contributed by atoms with E-state index in [4.69, 9.17) is 0 Å². The first-order valence-corrected chi connectivity index (χ1v) is 4.95. The van der Waals surface area contributed by atoms with Crippen LogP contribution in [0, 0.1) is 0 Å². The van der Waals surface area contributed by atoms with E-state index in [1.54, 1.807) is 17.5 Å². The zero-order valence-electron chi connectivity index (χ0n) is 6.77. The molecule has 0 unspecified atom stereocenters. The highest BCUT2D eigenvalue weighted by Gasteiger charge is 2.01. The largest absolute Gasteiger partial charge is 0.237 e. The minimum atomic E-state index is 0.827. The SMILES string of the molecule is c1cnc2ncc3cscc3c2c1. The van der Waals surface area contributed by atoms with Crippen molar-refractivity contribution in [3.8, 4) is 0 Å². The molecule has 0 amide bonds. The molecule has 2 nitrogen and oxygen atoms in total. The molecule has 3 rings (SSSR count). The Morgan fingerprint density at radius 1 is 1.08 bits per heavy atom. The quantitative estimate of drug-likeness (QED) is 0.539. The van der Waals surface area contributed by atoms with Gasteiger partial charge in [-0.3, -0.25) is 0 Å². The van der Waals surface area contributed by atoms with Crippen LogP contribution in [0.4, 0.5) is 0 Å². The zero-order valence-corrected chi connectivity index (χ0v) is 7.58. The maximum Gasteiger partial charge on any atom is 0.159 e. The maximum absolute atomic E-state index is 4.28. The highest BCUT2D eigenvalue weighted by atomic mass is 32.1. The summed E-state index contributed by atoms with van der Waals surface area (Å²) in [4.78, 5) is 8.48. The predicted molar refractivity (Wildman–Crippen MR) is 54.9 cm³/mol. The van der Waals surface area contributed by atoms with Gasteiger partial charge in [0.1, 0.15) is 0 Å². The van der Waals surface area contributed by atoms with Crippen LogP contribution in [-0.2, 0) is 0 Å². The van der Waals surface area contributed by atoms with Crippen molar-refractivity contribution in [3.63, 3.8) is 0 Å². The second-order valence-corrected chi connectivity index (χ2v) is 3.62. The van der Waals surface area contributed by atoms with Crippen molar-refractivity contribution in [2.45, 2.75) is 0 Å². The number of hydrogen-bond donors (Lipinski definition) is 0. The Morgan fingerprint density at radius 3 is 3.08 bits per heavy atom. The molecule has 0 aliphatic carbocycles. The highest BCUT2D eigenvalue weighted by molar-refractivity contribution is 7.09. The Balaban J connectivity index is 2.65. The maximum atomic E-state index is 4.28. The number of hydrogen-bond acceptors (Lipinski definition) is 3. The van der Waals surface area contributed by atoms with Crippen molar-refractivity contribution in [2.24, 2.45) is 0 Å². The normalized spacial score (nSPS) is 11.1. The van der Waals surface area contributed by atoms with Crippen molar-refractivity contribution in [1.82, 2.24) is 9.97 Å². The van der Waals surface area contributed by atoms with Crippen LogP contribution in [0.2, 0.25) is 0 Å². The lowest BCUT2D eigenvalue weighted by molar-refractivity contribution is 1.30. The molecule has 0 saturated heterocycles. The summed E-state index contributed by atoms with van der Waals surface area (Å²) in [7, 11) is 0. The monoisotopic (exact) mass is 186 g/mol. The molecule has 0 aliphatic heterocycles. The number of thiophene rings is 1. The van der Waals surface area contributed by atoms with Gasteiger partial charge in [-0.15, -0.1) is 0 Å². The van der Waals surface area contributed by atoms with E-state index >= 15 is 0 Å². The molecule has 0 bridgehead atoms. The summed E-state index contributed by atoms with van der Waals surface area (Å²) in [6.07, 6.45) is 3.65. The lowest BCUT2D eigenvalue weighted by Gasteiger charge is -1.95. The second kappa shape index (κ2) is 2.50. The van der Waals surface area contributed by atoms with Gasteiger partial charge in [0.15, 0.2) is 5.65 Å². The predicted octanol–water partition coefficient (Wildman–Crippen LogP) is 2.84. The average molecular weight is 186 g/mol. The van der Waals surface area contributed by atoms with E-state index in [1.165, 1.54) is 10.8 Å². The van der Waals surface area contributed by atoms with E-state index < -0.39 is 0 Å². The molecule has 3 aromatic rings. The van der Waals surface area contributed by atoms with Crippen molar-refractivity contribution in [2.75, 3.05) is 0 Å². The van der Waals surface area contributed by atoms with Crippen LogP contribution in [-0.4, -0.2) is 9.97 Å². The Hall–Kier alpha value is -1.48. The van der Waals surface area contributed by atoms with Gasteiger partial charge in [0.25, 0.3) is 0 Å². The summed E-state index contributed by atoms with van der Waals surface area (Å²) in [5, 5.41) is 7.84. The van der Waals surface area contributed by atoms with Gasteiger partial charge >= 0.3 is 0 Å². The molecule has 0 aromatic carbocycles. The van der Waals surface area contributed by atoms with Crippen LogP contribution in [0.1, 0.15) is 0 Å². The van der Waals surface area contributed by atoms with Gasteiger partial charge in [0.2, 0.25) is 0 Å². The van der Waals surface area contributed by atoms with Crippen molar-refractivity contribution < 1.29 is 0 Å². The van der Waals surface area contributed by atoms with Gasteiger partial charge in [-0.1, -0.05) is 0 Å². The fraction of sp³-hybridized carbons (Fsp3) is 0. The topological polar surface area (TPSA) is 25.8 Å². The molecule has 0 radical (unpaired) electrons. The molecule has 0 spiro atoms. The van der Waals surface area contributed by atoms with Gasteiger partial charge in [-0.2, -0.15) is 11.3 Å². The number of aromatic nitrogens is 2. The molecular weight excluding hydrogens is 180 g/mol. The van der Waals surface area contributed by atoms with Crippen LogP contribution in [0.15, 0.2) is 35.3 Å². The minimum absolute atomic E-state index is 0.827. The van der Waals surface area contributed by atoms with Gasteiger partial charge in [0, 0.05) is 33.9 Å². The van der Waals surface area contributed by atoms with Crippen LogP contribution in [0.3, 0.4) is 0 Å². The van der Waals surface area contributed by atoms with E-state index in [0.29, 0.717) is 0 Å². The lowest BCUT2D eigenvalue weighted by Crippen LogP contribution is -1.81. The number of fused-ring (bicyclic) bond motifs is 3. The van der Waals surface area contributed by atoms with E-state index in [9.17, 15) is 0 Å². The summed E-state index contributed by atoms with van der Waals surface area (Å²) in [6, 6.07) is 4.01. The third-order valence-electron chi connectivity index (χ3n) is 2.09. The molecule has 3 heterocycles. The third kappa shape index (κ3) is 0.939. The molecule has 0 fully saturated rings. The minimum Gasteiger partial charge on any atom is -0.237 e. The molecule has 0 saturated carbocycles. The standard InChI is InChI=1S/C10H6N2S/c1-2-8-9-6-13-5-7(9)4-12-10(8)11-3-1/h1-6H. The second-order valence-electron chi connectivity index (χ2n) is 2.87. The molecule has 62 valence electrons. The van der Waals surface area contributed by atoms with Crippen molar-refractivity contribution in [3.05, 3.63) is 35.3 Å². The van der Waals surface area contributed by atoms with Crippen molar-refractivity contribution >= 4 is 33.1 Å². The fourth-order valence-corrected chi connectivity index (χ4v) is 2.27. The zero-order chi connectivity index (χ0) is 8.67. The first-order valence-electron chi connectivity index (χ1n) is 4.01. The van der Waals surface area contributed by atoms with Gasteiger partial charge < -0.3 is 0 Å². The van der Waals surface area contributed by atoms with E-state index in [2.05, 4.69) is 26.8 Å². The Morgan fingerprint density at radius 2 is 2.08 bits per heavy atom. The third-order valence-corrected chi connectivity index (χ3v) is 2.86. The molecule has 3 aromatic heterocycles. The number of pyridine rings is 2. The summed E-state index contributed by atoms with van der Waals surface area (Å²) >= 11 is 1.70. The molecule has 0 atom stereocenters. The summed E-state index contributed by atoms with van der Waals surface area (Å²) in [6.45, 7) is 0. The summed E-state index contributed by atoms with van der Waals surface area (Å²) in [5.41, 5.74) is 0.827. The van der Waals surface area contributed by atoms with Crippen LogP contribution >= 0.6 is 11.3 Å². The smallest absolute Gasteiger partial charge is 0.159 e. The molecule has 3 heteroatoms. The molecule has 13 heavy (non-hydrogen) atoms. The molecular formula is C10H6N2S. The lowest BCUT2D eigenvalue weighted by atomic mass is 10.2. The first-order chi connectivity index (χ1) is 6.45. The van der Waals surface area contributed by atoms with E-state index in [0.717, 1.165) is 11.0 Å². The van der Waals surface area contributed by atoms with Crippen LogP contribution in [0.5, 0.6) is 0 Å². The highest BCUT2D eigenvalue weighted by Crippen LogP contribution is 2.24. The van der Waals surface area contributed by atoms with Gasteiger partial charge in [0.05, 0.1) is 0 Å². The number of nitrogens with zero attached hydrogens (tertiary/aromatic N) is 2. The van der Waals surface area contributed by atoms with Gasteiger partial charge in [-0.05, 0) is 17.5 Å². The number of rotatable bonds is 0. The molecule has 0 aliphatic rings. The van der Waals surface area contributed by atoms with E-state index in [1.807, 2.05) is 12.3 Å². The van der Waals surface area contributed by atoms with Crippen LogP contribution < -0.4 is 0 Å². The summed E-state index contributed by atoms with van der Waals surface area (Å²) < 4.78 is 0. The van der Waals surface area contributed by atoms with Crippen molar-refractivity contribution in [1.29, 1.82) is 0 Å². The van der Waals surface area contributed by atoms with Crippen LogP contribution in [0.25, 0.3) is 21.8 Å². The summed E-state index contributed by atoms with van der Waals surface area (Å²) in [5.74, 6) is 0. The Bertz CT molecular complexity index is 571. The Kier molecular flexibility index (Phi) is 1.34. The van der Waals surface area contributed by atoms with Gasteiger partial charge in [-0.25, -0.2) is 9.97 Å². The fourth-order valence-electron chi connectivity index (χ4n) is 1.47. The Labute approximate surface area is 78.9 Å². The first kappa shape index (κ1) is 6.97. The average Bonchev–Trinajstić information content (AvgIpc) is 2.65.